The summed E-state index contributed by atoms with van der Waals surface area (Å²) in [5.74, 6) is 0. The van der Waals surface area contributed by atoms with Gasteiger partial charge in [0.1, 0.15) is 0 Å². The second kappa shape index (κ2) is 4.99. The van der Waals surface area contributed by atoms with E-state index < -0.39 is 10.0 Å². The standard InChI is InChI=1S/C13H20N2O2S/c1-13(7-4-8-13)15-18(16,17)12-6-3-5-11(9-12)10-14-2/h3,5-6,9,14-15H,4,7-8,10H2,1-2H3. The van der Waals surface area contributed by atoms with Gasteiger partial charge in [0.15, 0.2) is 0 Å². The Balaban J connectivity index is 2.21. The van der Waals surface area contributed by atoms with Crippen LogP contribution in [-0.4, -0.2) is 21.0 Å². The van der Waals surface area contributed by atoms with Crippen LogP contribution in [-0.2, 0) is 16.6 Å². The van der Waals surface area contributed by atoms with Gasteiger partial charge in [-0.05, 0) is 50.9 Å². The van der Waals surface area contributed by atoms with Crippen molar-refractivity contribution in [3.8, 4) is 0 Å². The summed E-state index contributed by atoms with van der Waals surface area (Å²) in [5, 5.41) is 3.02. The Labute approximate surface area is 109 Å². The van der Waals surface area contributed by atoms with Gasteiger partial charge in [0.05, 0.1) is 4.90 Å². The summed E-state index contributed by atoms with van der Waals surface area (Å²) < 4.78 is 27.3. The Morgan fingerprint density at radius 2 is 2.06 bits per heavy atom. The molecule has 0 saturated heterocycles. The first-order chi connectivity index (χ1) is 8.45. The summed E-state index contributed by atoms with van der Waals surface area (Å²) in [6, 6.07) is 7.06. The first kappa shape index (κ1) is 13.5. The highest BCUT2D eigenvalue weighted by Crippen LogP contribution is 2.32. The van der Waals surface area contributed by atoms with Crippen LogP contribution in [0.5, 0.6) is 0 Å². The van der Waals surface area contributed by atoms with Crippen molar-refractivity contribution in [1.82, 2.24) is 10.0 Å². The number of rotatable bonds is 5. The molecule has 0 radical (unpaired) electrons. The highest BCUT2D eigenvalue weighted by atomic mass is 32.2. The third kappa shape index (κ3) is 2.91. The fourth-order valence-corrected chi connectivity index (χ4v) is 3.75. The maximum Gasteiger partial charge on any atom is 0.241 e. The highest BCUT2D eigenvalue weighted by Gasteiger charge is 2.36. The summed E-state index contributed by atoms with van der Waals surface area (Å²) in [7, 11) is -1.56. The quantitative estimate of drug-likeness (QED) is 0.853. The summed E-state index contributed by atoms with van der Waals surface area (Å²) in [6.45, 7) is 2.63. The lowest BCUT2D eigenvalue weighted by Crippen LogP contribution is -2.50. The van der Waals surface area contributed by atoms with Crippen molar-refractivity contribution < 1.29 is 8.42 Å². The zero-order valence-electron chi connectivity index (χ0n) is 10.9. The fraction of sp³-hybridized carbons (Fsp3) is 0.538. The van der Waals surface area contributed by atoms with Gasteiger partial charge in [0, 0.05) is 12.1 Å². The third-order valence-corrected chi connectivity index (χ3v) is 5.06. The largest absolute Gasteiger partial charge is 0.316 e. The van der Waals surface area contributed by atoms with E-state index in [2.05, 4.69) is 10.0 Å². The zero-order chi connectivity index (χ0) is 13.2. The molecule has 100 valence electrons. The van der Waals surface area contributed by atoms with Gasteiger partial charge in [-0.2, -0.15) is 0 Å². The van der Waals surface area contributed by atoms with E-state index in [9.17, 15) is 8.42 Å². The minimum Gasteiger partial charge on any atom is -0.316 e. The maximum atomic E-state index is 12.3. The average Bonchev–Trinajstić information content (AvgIpc) is 2.27. The van der Waals surface area contributed by atoms with Gasteiger partial charge in [0.25, 0.3) is 0 Å². The number of hydrogen-bond acceptors (Lipinski definition) is 3. The molecule has 1 fully saturated rings. The predicted octanol–water partition coefficient (Wildman–Crippen LogP) is 1.63. The predicted molar refractivity (Wildman–Crippen MR) is 71.8 cm³/mol. The lowest BCUT2D eigenvalue weighted by Gasteiger charge is -2.38. The Morgan fingerprint density at radius 3 is 2.61 bits per heavy atom. The van der Waals surface area contributed by atoms with Crippen molar-refractivity contribution in [3.63, 3.8) is 0 Å². The monoisotopic (exact) mass is 268 g/mol. The average molecular weight is 268 g/mol. The molecule has 5 heteroatoms. The van der Waals surface area contributed by atoms with Crippen LogP contribution < -0.4 is 10.0 Å². The van der Waals surface area contributed by atoms with Gasteiger partial charge in [-0.25, -0.2) is 13.1 Å². The molecule has 0 unspecified atom stereocenters. The molecule has 2 rings (SSSR count). The molecule has 0 bridgehead atoms. The van der Waals surface area contributed by atoms with E-state index in [4.69, 9.17) is 0 Å². The Morgan fingerprint density at radius 1 is 1.33 bits per heavy atom. The number of benzene rings is 1. The molecule has 1 aliphatic carbocycles. The van der Waals surface area contributed by atoms with Gasteiger partial charge >= 0.3 is 0 Å². The van der Waals surface area contributed by atoms with Crippen LogP contribution in [0.15, 0.2) is 29.2 Å². The summed E-state index contributed by atoms with van der Waals surface area (Å²) in [5.41, 5.74) is 0.719. The Hall–Kier alpha value is -0.910. The molecule has 1 aromatic carbocycles. The molecule has 0 atom stereocenters. The van der Waals surface area contributed by atoms with Gasteiger partial charge in [0.2, 0.25) is 10.0 Å². The van der Waals surface area contributed by atoms with Crippen LogP contribution in [0.4, 0.5) is 0 Å². The lowest BCUT2D eigenvalue weighted by atomic mass is 9.80. The minimum absolute atomic E-state index is 0.252. The molecular weight excluding hydrogens is 248 g/mol. The molecule has 0 amide bonds. The highest BCUT2D eigenvalue weighted by molar-refractivity contribution is 7.89. The molecule has 18 heavy (non-hydrogen) atoms. The molecular formula is C13H20N2O2S. The molecule has 4 nitrogen and oxygen atoms in total. The second-order valence-corrected chi connectivity index (χ2v) is 6.88. The Kier molecular flexibility index (Phi) is 3.75. The van der Waals surface area contributed by atoms with Crippen molar-refractivity contribution in [2.75, 3.05) is 7.05 Å². The van der Waals surface area contributed by atoms with Crippen LogP contribution in [0.1, 0.15) is 31.7 Å². The van der Waals surface area contributed by atoms with Crippen LogP contribution in [0, 0.1) is 0 Å². The summed E-state index contributed by atoms with van der Waals surface area (Å²) in [6.07, 6.45) is 2.93. The van der Waals surface area contributed by atoms with Crippen molar-refractivity contribution in [2.24, 2.45) is 0 Å². The topological polar surface area (TPSA) is 58.2 Å². The number of nitrogens with one attached hydrogen (secondary N) is 2. The van der Waals surface area contributed by atoms with Crippen molar-refractivity contribution in [1.29, 1.82) is 0 Å². The van der Waals surface area contributed by atoms with Crippen LogP contribution in [0.3, 0.4) is 0 Å². The molecule has 1 aliphatic rings. The van der Waals surface area contributed by atoms with E-state index in [1.807, 2.05) is 20.0 Å². The first-order valence-electron chi connectivity index (χ1n) is 6.23. The van der Waals surface area contributed by atoms with Gasteiger partial charge in [-0.15, -0.1) is 0 Å². The Bertz CT molecular complexity index is 522. The van der Waals surface area contributed by atoms with Crippen LogP contribution in [0.2, 0.25) is 0 Å². The third-order valence-electron chi connectivity index (χ3n) is 3.43. The van der Waals surface area contributed by atoms with Crippen molar-refractivity contribution in [3.05, 3.63) is 29.8 Å². The van der Waals surface area contributed by atoms with Gasteiger partial charge in [-0.1, -0.05) is 12.1 Å². The van der Waals surface area contributed by atoms with Crippen molar-refractivity contribution >= 4 is 10.0 Å². The van der Waals surface area contributed by atoms with Crippen LogP contribution in [0.25, 0.3) is 0 Å². The molecule has 1 aromatic rings. The van der Waals surface area contributed by atoms with Gasteiger partial charge in [-0.3, -0.25) is 0 Å². The zero-order valence-corrected chi connectivity index (χ0v) is 11.7. The van der Waals surface area contributed by atoms with Crippen molar-refractivity contribution in [2.45, 2.75) is 43.2 Å². The molecule has 0 spiro atoms. The van der Waals surface area contributed by atoms with E-state index in [0.29, 0.717) is 11.4 Å². The molecule has 0 aromatic heterocycles. The number of hydrogen-bond donors (Lipinski definition) is 2. The van der Waals surface area contributed by atoms with E-state index in [0.717, 1.165) is 24.8 Å². The first-order valence-corrected chi connectivity index (χ1v) is 7.71. The van der Waals surface area contributed by atoms with Crippen LogP contribution >= 0.6 is 0 Å². The smallest absolute Gasteiger partial charge is 0.241 e. The normalized spacial score (nSPS) is 18.3. The molecule has 0 aliphatic heterocycles. The van der Waals surface area contributed by atoms with E-state index >= 15 is 0 Å². The van der Waals surface area contributed by atoms with E-state index in [1.54, 1.807) is 18.2 Å². The lowest BCUT2D eigenvalue weighted by molar-refractivity contribution is 0.248. The SMILES string of the molecule is CNCc1cccc(S(=O)(=O)NC2(C)CCC2)c1. The minimum atomic E-state index is -3.40. The molecule has 1 saturated carbocycles. The second-order valence-electron chi connectivity index (χ2n) is 5.20. The molecule has 2 N–H and O–H groups in total. The summed E-state index contributed by atoms with van der Waals surface area (Å²) >= 11 is 0. The van der Waals surface area contributed by atoms with E-state index in [1.165, 1.54) is 0 Å². The number of sulfonamides is 1. The summed E-state index contributed by atoms with van der Waals surface area (Å²) in [4.78, 5) is 0.350. The molecule has 0 heterocycles. The maximum absolute atomic E-state index is 12.3. The fourth-order valence-electron chi connectivity index (χ4n) is 2.22. The van der Waals surface area contributed by atoms with Gasteiger partial charge < -0.3 is 5.32 Å². The van der Waals surface area contributed by atoms with E-state index in [-0.39, 0.29) is 5.54 Å².